The Balaban J connectivity index is 0.763. The van der Waals surface area contributed by atoms with E-state index in [2.05, 4.69) is 45.4 Å². The number of anilines is 3. The zero-order chi connectivity index (χ0) is 69.8. The van der Waals surface area contributed by atoms with Crippen molar-refractivity contribution in [1.29, 1.82) is 0 Å². The first kappa shape index (κ1) is 70.7. The number of amides is 7. The molecule has 1 aliphatic heterocycles. The van der Waals surface area contributed by atoms with E-state index in [1.54, 1.807) is 56.4 Å². The summed E-state index contributed by atoms with van der Waals surface area (Å²) in [6.45, 7) is 11.0. The summed E-state index contributed by atoms with van der Waals surface area (Å²) in [7, 11) is -4.62. The van der Waals surface area contributed by atoms with Crippen LogP contribution >= 0.6 is 11.3 Å². The number of carbonyl (C=O) groups excluding carboxylic acids is 6. The topological polar surface area (TPSA) is 412 Å². The maximum absolute atomic E-state index is 13.8. The van der Waals surface area contributed by atoms with Crippen molar-refractivity contribution >= 4 is 96.0 Å². The van der Waals surface area contributed by atoms with Gasteiger partial charge in [-0.3, -0.25) is 38.5 Å². The molecule has 0 saturated heterocycles. The van der Waals surface area contributed by atoms with Gasteiger partial charge in [0.05, 0.1) is 40.8 Å². The number of carboxylic acids is 2. The Hall–Kier alpha value is -9.10. The van der Waals surface area contributed by atoms with E-state index in [1.807, 2.05) is 59.0 Å². The number of fused-ring (bicyclic) bond motifs is 2. The number of primary amides is 1. The molecule has 3 aromatic carbocycles. The van der Waals surface area contributed by atoms with Gasteiger partial charge in [-0.25, -0.2) is 24.4 Å². The van der Waals surface area contributed by atoms with Crippen LogP contribution in [-0.4, -0.2) is 158 Å². The number of benzene rings is 3. The van der Waals surface area contributed by atoms with Crippen molar-refractivity contribution < 1.29 is 71.0 Å². The number of nitrogens with one attached hydrogen (secondary N) is 5. The third-order valence-corrected chi connectivity index (χ3v) is 20.5. The molecule has 7 amide bonds. The summed E-state index contributed by atoms with van der Waals surface area (Å²) in [6, 6.07) is 18.2. The average Bonchev–Trinajstić information content (AvgIpc) is 0.711. The third kappa shape index (κ3) is 17.2. The van der Waals surface area contributed by atoms with Gasteiger partial charge in [-0.1, -0.05) is 75.4 Å². The highest BCUT2D eigenvalue weighted by atomic mass is 32.2. The number of carboxylic acid groups (broad SMARTS) is 2. The lowest BCUT2D eigenvalue weighted by Crippen LogP contribution is -2.64. The van der Waals surface area contributed by atoms with Crippen LogP contribution in [0, 0.1) is 29.1 Å². The Labute approximate surface area is 564 Å². The second kappa shape index (κ2) is 28.9. The molecule has 30 heteroatoms. The predicted octanol–water partition coefficient (Wildman–Crippen LogP) is 6.85. The average molecular weight is 1370 g/mol. The highest BCUT2D eigenvalue weighted by Gasteiger charge is 2.66. The summed E-state index contributed by atoms with van der Waals surface area (Å²) < 4.78 is 47.5. The molecule has 4 aliphatic carbocycles. The Morgan fingerprint density at radius 3 is 2.24 bits per heavy atom. The number of urea groups is 1. The molecule has 5 aliphatic rings. The van der Waals surface area contributed by atoms with Gasteiger partial charge in [-0.15, -0.1) is 0 Å². The van der Waals surface area contributed by atoms with Gasteiger partial charge in [0, 0.05) is 67.3 Å². The summed E-state index contributed by atoms with van der Waals surface area (Å²) in [5.74, 6) is -6.27. The first-order valence-electron chi connectivity index (χ1n) is 32.2. The van der Waals surface area contributed by atoms with Crippen molar-refractivity contribution in [3.05, 3.63) is 119 Å². The normalized spacial score (nSPS) is 21.1. The number of rotatable bonds is 29. The summed E-state index contributed by atoms with van der Waals surface area (Å²) >= 11 is 1.40. The molecule has 2 unspecified atom stereocenters. The van der Waals surface area contributed by atoms with Gasteiger partial charge < -0.3 is 62.2 Å². The summed E-state index contributed by atoms with van der Waals surface area (Å²) in [5.41, 5.74) is 15.6. The molecule has 0 spiro atoms. The van der Waals surface area contributed by atoms with Crippen LogP contribution in [0.25, 0.3) is 21.3 Å². The summed E-state index contributed by atoms with van der Waals surface area (Å²) in [5, 5.41) is 39.0. The lowest BCUT2D eigenvalue weighted by atomic mass is 9.39. The van der Waals surface area contributed by atoms with Crippen molar-refractivity contribution in [3.8, 4) is 11.1 Å². The monoisotopic (exact) mass is 1370 g/mol. The van der Waals surface area contributed by atoms with Crippen molar-refractivity contribution in [1.82, 2.24) is 40.6 Å². The van der Waals surface area contributed by atoms with E-state index in [4.69, 9.17) is 31.0 Å². The van der Waals surface area contributed by atoms with Gasteiger partial charge in [0.25, 0.3) is 16.0 Å². The number of nitrogens with two attached hydrogens (primary N) is 2. The maximum atomic E-state index is 13.8. The van der Waals surface area contributed by atoms with Crippen molar-refractivity contribution in [2.45, 2.75) is 142 Å². The molecule has 4 heterocycles. The number of hydrogen-bond donors (Lipinski definition) is 10. The van der Waals surface area contributed by atoms with Crippen molar-refractivity contribution in [3.63, 3.8) is 0 Å². The van der Waals surface area contributed by atoms with Gasteiger partial charge in [-0.05, 0) is 146 Å². The molecule has 4 saturated carbocycles. The fraction of sp³-hybridized carbons (Fsp3) is 0.478. The molecular weight excluding hydrogens is 1290 g/mol. The number of thiazole rings is 1. The van der Waals surface area contributed by atoms with Crippen molar-refractivity contribution in [2.75, 3.05) is 54.1 Å². The molecule has 97 heavy (non-hydrogen) atoms. The largest absolute Gasteiger partial charge is 0.481 e. The quantitative estimate of drug-likeness (QED) is 0.0169. The van der Waals surface area contributed by atoms with Crippen LogP contribution in [0.5, 0.6) is 0 Å². The number of aromatic carboxylic acids is 1. The number of ether oxygens (including phenoxy) is 2. The smallest absolute Gasteiger partial charge is 0.410 e. The second-order valence-electron chi connectivity index (χ2n) is 27.4. The first-order chi connectivity index (χ1) is 45.9. The lowest BCUT2D eigenvalue weighted by molar-refractivity contribution is -0.248. The minimum Gasteiger partial charge on any atom is -0.481 e. The molecule has 11 rings (SSSR count). The van der Waals surface area contributed by atoms with E-state index in [9.17, 15) is 61.5 Å². The van der Waals surface area contributed by atoms with Crippen LogP contribution in [-0.2, 0) is 64.9 Å². The van der Waals surface area contributed by atoms with Gasteiger partial charge in [-0.2, -0.15) is 13.5 Å². The van der Waals surface area contributed by atoms with Crippen LogP contribution in [0.2, 0.25) is 0 Å². The Morgan fingerprint density at radius 2 is 1.56 bits per heavy atom. The van der Waals surface area contributed by atoms with Crippen molar-refractivity contribution in [2.24, 2.45) is 33.6 Å². The molecule has 6 aromatic rings. The standard InChI is InChI=1S/C67H83N13O15S2/c1-39(2)54(76-57(84)48(68)31-97(91,92)93)59(86)73-50(13-9-23-70-61(69)89)58(85)72-43-17-15-41(16-18-43)30-94-63(90)78(25-22-53(81)82)26-27-95-67-35-64(4)32-65(5,36-67)34-66(33-64,37-67)38-80-40(3)46(28-71-80)44-19-20-52(75-55(44)60(87)88)79-24-21-42-10-8-11-45(47(42)29-79)56(83)77-62-74-49-12-6-7-14-51(49)96-62/h6-8,10-12,14-20,28,39,48,50,54H,9,13,21-27,29-38,68H2,1-5H3,(H,72,85)(H,73,86)(H,76,84)(H,81,82)(H,87,88)(H3,69,70,89)(H,74,77,83)(H,91,92,93)/t48-,50-,54-,64?,65?,66?,67?/m0/s1. The van der Waals surface area contributed by atoms with Gasteiger partial charge in [0.2, 0.25) is 17.7 Å². The Morgan fingerprint density at radius 1 is 0.825 bits per heavy atom. The number of aromatic nitrogens is 4. The molecule has 4 fully saturated rings. The zero-order valence-electron chi connectivity index (χ0n) is 54.7. The summed E-state index contributed by atoms with van der Waals surface area (Å²) in [4.78, 5) is 117. The molecular formula is C67H83N13O15S2. The molecule has 28 nitrogen and oxygen atoms in total. The van der Waals surface area contributed by atoms with E-state index in [0.717, 1.165) is 59.1 Å². The van der Waals surface area contributed by atoms with Crippen LogP contribution in [0.4, 0.5) is 26.2 Å². The zero-order valence-corrected chi connectivity index (χ0v) is 56.4. The second-order valence-corrected chi connectivity index (χ2v) is 29.9. The highest BCUT2D eigenvalue weighted by Crippen LogP contribution is 2.72. The molecule has 4 bridgehead atoms. The molecule has 0 radical (unpaired) electrons. The van der Waals surface area contributed by atoms with Gasteiger partial charge >= 0.3 is 24.1 Å². The number of aliphatic carboxylic acids is 1. The molecule has 518 valence electrons. The van der Waals surface area contributed by atoms with E-state index in [1.165, 1.54) is 16.2 Å². The van der Waals surface area contributed by atoms with E-state index in [0.29, 0.717) is 65.7 Å². The first-order valence-corrected chi connectivity index (χ1v) is 34.6. The fourth-order valence-electron chi connectivity index (χ4n) is 15.6. The van der Waals surface area contributed by atoms with E-state index < -0.39 is 87.3 Å². The number of para-hydroxylation sites is 1. The van der Waals surface area contributed by atoms with Crippen LogP contribution in [0.3, 0.4) is 0 Å². The van der Waals surface area contributed by atoms with Crippen LogP contribution < -0.4 is 43.0 Å². The predicted molar refractivity (Wildman–Crippen MR) is 360 cm³/mol. The van der Waals surface area contributed by atoms with Crippen LogP contribution in [0.15, 0.2) is 85.1 Å². The van der Waals surface area contributed by atoms with E-state index in [-0.39, 0.29) is 85.6 Å². The molecule has 3 aromatic heterocycles. The third-order valence-electron chi connectivity index (χ3n) is 18.8. The van der Waals surface area contributed by atoms with Crippen LogP contribution in [0.1, 0.15) is 129 Å². The minimum atomic E-state index is -4.62. The Kier molecular flexibility index (Phi) is 21.1. The minimum absolute atomic E-state index is 0.00168. The Bertz CT molecular complexity index is 4070. The number of nitrogens with zero attached hydrogens (tertiary/aromatic N) is 6. The van der Waals surface area contributed by atoms with E-state index >= 15 is 0 Å². The number of hydrogen-bond acceptors (Lipinski definition) is 18. The fourth-order valence-corrected chi connectivity index (χ4v) is 17.1. The maximum Gasteiger partial charge on any atom is 0.410 e. The highest BCUT2D eigenvalue weighted by molar-refractivity contribution is 7.85. The lowest BCUT2D eigenvalue weighted by Gasteiger charge is -2.69. The van der Waals surface area contributed by atoms with Gasteiger partial charge in [0.1, 0.15) is 30.6 Å². The molecule has 5 atom stereocenters. The summed E-state index contributed by atoms with van der Waals surface area (Å²) in [6.07, 6.45) is 6.53. The molecule has 12 N–H and O–H groups in total. The number of pyridine rings is 1. The SMILES string of the molecule is Cc1c(-c2ccc(N3CCc4cccc(C(=O)Nc5nc6ccccc6s5)c4C3)nc2C(=O)O)cnn1CC12CC3(C)CC(C)(C1)CC(OCCN(CCC(=O)O)C(=O)OCc1ccc(NC(=O)[C@H](CCCNC(N)=O)NC(=O)[C@@H](NC(=O)[C@@H](N)CS(=O)(=O)O)C(C)C)cc1)(C3)C2. The van der Waals surface area contributed by atoms with Gasteiger partial charge in [0.15, 0.2) is 10.8 Å². The number of carbonyl (C=O) groups is 8.